The van der Waals surface area contributed by atoms with E-state index < -0.39 is 65.1 Å². The molecule has 0 radical (unpaired) electrons. The van der Waals surface area contributed by atoms with Crippen LogP contribution in [-0.4, -0.2) is 42.6 Å². The van der Waals surface area contributed by atoms with Gasteiger partial charge in [0.25, 0.3) is 5.91 Å². The first-order chi connectivity index (χ1) is 18.3. The number of hydrogen-bond acceptors (Lipinski definition) is 6. The fraction of sp³-hybridized carbons (Fsp3) is 0.400. The van der Waals surface area contributed by atoms with E-state index in [0.29, 0.717) is 12.8 Å². The van der Waals surface area contributed by atoms with E-state index >= 15 is 0 Å². The number of Topliss-reactive ketones (excluding diaryl/α,β-unsaturated/α-hetero) is 1. The van der Waals surface area contributed by atoms with Gasteiger partial charge in [-0.15, -0.1) is 0 Å². The van der Waals surface area contributed by atoms with Crippen molar-refractivity contribution in [1.82, 2.24) is 10.6 Å². The number of nitrogens with one attached hydrogen (secondary N) is 2. The van der Waals surface area contributed by atoms with Crippen LogP contribution in [0.25, 0.3) is 10.4 Å². The molecule has 0 saturated heterocycles. The monoisotopic (exact) mass is 553 g/mol. The number of rotatable bonds is 12. The van der Waals surface area contributed by atoms with E-state index in [1.165, 1.54) is 24.3 Å². The van der Waals surface area contributed by atoms with Gasteiger partial charge in [0, 0.05) is 28.8 Å². The van der Waals surface area contributed by atoms with Gasteiger partial charge in [-0.05, 0) is 57.7 Å². The van der Waals surface area contributed by atoms with Crippen molar-refractivity contribution < 1.29 is 41.4 Å². The summed E-state index contributed by atoms with van der Waals surface area (Å²) in [5.41, 5.74) is 8.09. The van der Waals surface area contributed by atoms with Crippen molar-refractivity contribution in [2.24, 2.45) is 5.11 Å². The van der Waals surface area contributed by atoms with Gasteiger partial charge in [-0.25, -0.2) is 13.6 Å². The molecule has 2 aromatic carbocycles. The normalized spacial score (nSPS) is 11.7. The molecule has 2 aromatic rings. The summed E-state index contributed by atoms with van der Waals surface area (Å²) in [7, 11) is 0. The van der Waals surface area contributed by atoms with Gasteiger partial charge in [-0.3, -0.25) is 9.59 Å². The van der Waals surface area contributed by atoms with Crippen molar-refractivity contribution in [3.63, 3.8) is 0 Å². The molecule has 14 heteroatoms. The number of benzene rings is 2. The van der Waals surface area contributed by atoms with Gasteiger partial charge in [0.05, 0.1) is 6.04 Å². The molecule has 2 N–H and O–H groups in total. The Balaban J connectivity index is 2.10. The minimum absolute atomic E-state index is 0.00182. The predicted molar refractivity (Wildman–Crippen MR) is 131 cm³/mol. The van der Waals surface area contributed by atoms with Crippen LogP contribution in [0.5, 0.6) is 5.75 Å². The third-order valence-electron chi connectivity index (χ3n) is 4.98. The maximum atomic E-state index is 13.9. The van der Waals surface area contributed by atoms with Crippen molar-refractivity contribution in [2.75, 3.05) is 13.2 Å². The highest BCUT2D eigenvalue weighted by atomic mass is 19.2. The third kappa shape index (κ3) is 9.82. The molecule has 0 aromatic heterocycles. The summed E-state index contributed by atoms with van der Waals surface area (Å²) < 4.78 is 64.6. The van der Waals surface area contributed by atoms with Gasteiger partial charge in [0.1, 0.15) is 12.2 Å². The topological polar surface area (TPSA) is 142 Å². The molecule has 0 saturated carbocycles. The maximum absolute atomic E-state index is 13.9. The van der Waals surface area contributed by atoms with Gasteiger partial charge >= 0.3 is 6.09 Å². The predicted octanol–water partition coefficient (Wildman–Crippen LogP) is 5.63. The molecule has 0 aliphatic heterocycles. The average molecular weight is 554 g/mol. The van der Waals surface area contributed by atoms with Crippen LogP contribution < -0.4 is 15.4 Å². The zero-order chi connectivity index (χ0) is 29.2. The number of azide groups is 1. The number of nitrogens with zero attached hydrogens (tertiary/aromatic N) is 3. The summed E-state index contributed by atoms with van der Waals surface area (Å²) in [5, 5.41) is 8.42. The molecule has 210 valence electrons. The Labute approximate surface area is 221 Å². The molecule has 2 amide bonds. The van der Waals surface area contributed by atoms with E-state index in [1.54, 1.807) is 20.8 Å². The summed E-state index contributed by atoms with van der Waals surface area (Å²) in [5.74, 6) is -10.0. The molecule has 2 rings (SSSR count). The zero-order valence-corrected chi connectivity index (χ0v) is 21.4. The van der Waals surface area contributed by atoms with Gasteiger partial charge in [-0.2, -0.15) is 8.78 Å². The lowest BCUT2D eigenvalue weighted by atomic mass is 10.0. The molecule has 0 spiro atoms. The van der Waals surface area contributed by atoms with Crippen LogP contribution in [-0.2, 0) is 9.53 Å². The smallest absolute Gasteiger partial charge is 0.407 e. The second-order valence-corrected chi connectivity index (χ2v) is 9.24. The van der Waals surface area contributed by atoms with Crippen molar-refractivity contribution >= 4 is 23.5 Å². The Kier molecular flexibility index (Phi) is 11.1. The summed E-state index contributed by atoms with van der Waals surface area (Å²) in [6.45, 7) is 4.27. The summed E-state index contributed by atoms with van der Waals surface area (Å²) in [6.07, 6.45) is 0.0401. The Bertz CT molecular complexity index is 1240. The second-order valence-electron chi connectivity index (χ2n) is 9.24. The lowest BCUT2D eigenvalue weighted by molar-refractivity contribution is -0.123. The molecule has 0 aliphatic carbocycles. The van der Waals surface area contributed by atoms with E-state index in [9.17, 15) is 31.9 Å². The fourth-order valence-electron chi connectivity index (χ4n) is 3.22. The third-order valence-corrected chi connectivity index (χ3v) is 4.98. The summed E-state index contributed by atoms with van der Waals surface area (Å²) in [4.78, 5) is 40.0. The molecule has 1 atom stereocenters. The lowest BCUT2D eigenvalue weighted by Crippen LogP contribution is -2.43. The lowest BCUT2D eigenvalue weighted by Gasteiger charge is -2.20. The number of ether oxygens (including phenoxy) is 2. The highest BCUT2D eigenvalue weighted by molar-refractivity contribution is 5.98. The van der Waals surface area contributed by atoms with Crippen molar-refractivity contribution in [1.29, 1.82) is 0 Å². The van der Waals surface area contributed by atoms with Crippen LogP contribution in [0, 0.1) is 23.3 Å². The van der Waals surface area contributed by atoms with Gasteiger partial charge < -0.3 is 20.1 Å². The minimum Gasteiger partial charge on any atom is -0.479 e. The average Bonchev–Trinajstić information content (AvgIpc) is 2.85. The van der Waals surface area contributed by atoms with Crippen molar-refractivity contribution in [3.8, 4) is 5.75 Å². The zero-order valence-electron chi connectivity index (χ0n) is 21.4. The number of ketones is 1. The van der Waals surface area contributed by atoms with Crippen LogP contribution in [0.1, 0.15) is 50.4 Å². The Morgan fingerprint density at radius 2 is 1.72 bits per heavy atom. The molecular formula is C25H27F4N5O5. The van der Waals surface area contributed by atoms with Crippen molar-refractivity contribution in [3.05, 3.63) is 69.6 Å². The number of amides is 2. The first-order valence-corrected chi connectivity index (χ1v) is 11.7. The van der Waals surface area contributed by atoms with E-state index in [-0.39, 0.29) is 30.3 Å². The number of halogens is 4. The number of unbranched alkanes of at least 4 members (excludes halogenated alkanes) is 1. The SMILES string of the molecule is CC(C)(C)OC(=O)NCCCCC(NC(=O)c1cccc(N=[N+]=[N-])c1)C(=O)COc1c(F)c(F)cc(F)c1F. The summed E-state index contributed by atoms with van der Waals surface area (Å²) in [6, 6.07) is 4.33. The number of carbonyl (C=O) groups excluding carboxylic acids is 3. The molecule has 39 heavy (non-hydrogen) atoms. The van der Waals surface area contributed by atoms with Gasteiger partial charge in [0.15, 0.2) is 23.2 Å². The number of hydrogen-bond donors (Lipinski definition) is 2. The number of alkyl carbamates (subject to hydrolysis) is 1. The Morgan fingerprint density at radius 3 is 2.33 bits per heavy atom. The van der Waals surface area contributed by atoms with Crippen molar-refractivity contribution in [2.45, 2.75) is 51.7 Å². The number of carbonyl (C=O) groups is 3. The Morgan fingerprint density at radius 1 is 1.05 bits per heavy atom. The van der Waals surface area contributed by atoms with E-state index in [4.69, 9.17) is 15.0 Å². The highest BCUT2D eigenvalue weighted by Gasteiger charge is 2.25. The van der Waals surface area contributed by atoms with E-state index in [2.05, 4.69) is 20.7 Å². The second kappa shape index (κ2) is 14.0. The van der Waals surface area contributed by atoms with Crippen LogP contribution in [0.2, 0.25) is 0 Å². The standard InChI is InChI=1S/C25H27F4N5O5/c1-25(2,3)39-24(37)31-10-5-4-9-18(32-23(36)14-7-6-8-15(11-14)33-34-30)19(35)13-38-22-20(28)16(26)12-17(27)21(22)29/h6-8,11-12,18H,4-5,9-10,13H2,1-3H3,(H,31,37)(H,32,36). The molecule has 0 aliphatic rings. The largest absolute Gasteiger partial charge is 0.479 e. The minimum atomic E-state index is -1.81. The molecule has 0 bridgehead atoms. The van der Waals surface area contributed by atoms with Gasteiger partial charge in [-0.1, -0.05) is 17.2 Å². The van der Waals surface area contributed by atoms with Crippen LogP contribution in [0.15, 0.2) is 35.4 Å². The maximum Gasteiger partial charge on any atom is 0.407 e. The quantitative estimate of drug-likeness (QED) is 0.0875. The first kappa shape index (κ1) is 30.9. The van der Waals surface area contributed by atoms with Crippen LogP contribution in [0.4, 0.5) is 28.0 Å². The van der Waals surface area contributed by atoms with E-state index in [0.717, 1.165) is 0 Å². The first-order valence-electron chi connectivity index (χ1n) is 11.7. The van der Waals surface area contributed by atoms with E-state index in [1.807, 2.05) is 0 Å². The molecule has 10 nitrogen and oxygen atoms in total. The fourth-order valence-corrected chi connectivity index (χ4v) is 3.22. The molecular weight excluding hydrogens is 526 g/mol. The Hall–Kier alpha value is -4.32. The van der Waals surface area contributed by atoms with Crippen LogP contribution in [0.3, 0.4) is 0 Å². The molecule has 0 fully saturated rings. The van der Waals surface area contributed by atoms with Gasteiger partial charge in [0.2, 0.25) is 11.6 Å². The molecule has 0 heterocycles. The highest BCUT2D eigenvalue weighted by Crippen LogP contribution is 2.26. The van der Waals surface area contributed by atoms with Crippen LogP contribution >= 0.6 is 0 Å². The molecule has 1 unspecified atom stereocenters. The summed E-state index contributed by atoms with van der Waals surface area (Å²) >= 11 is 0.